The van der Waals surface area contributed by atoms with Crippen LogP contribution in [0.1, 0.15) is 33.8 Å². The quantitative estimate of drug-likeness (QED) is 0.888. The maximum Gasteiger partial charge on any atom is 0.339 e. The molecule has 0 radical (unpaired) electrons. The summed E-state index contributed by atoms with van der Waals surface area (Å²) in [7, 11) is 1.48. The lowest BCUT2D eigenvalue weighted by molar-refractivity contribution is 0.0693. The number of ether oxygens (including phenoxy) is 1. The number of hydrogen-bond donors (Lipinski definition) is 1. The van der Waals surface area contributed by atoms with Gasteiger partial charge in [-0.25, -0.2) is 4.79 Å². The summed E-state index contributed by atoms with van der Waals surface area (Å²) in [5.74, 6) is -0.151. The van der Waals surface area contributed by atoms with Crippen molar-refractivity contribution in [3.8, 4) is 5.75 Å². The van der Waals surface area contributed by atoms with Gasteiger partial charge in [-0.1, -0.05) is 35.9 Å². The van der Waals surface area contributed by atoms with E-state index in [9.17, 15) is 9.90 Å². The molecule has 1 aliphatic rings. The molecule has 4 nitrogen and oxygen atoms in total. The average molecular weight is 346 g/mol. The maximum absolute atomic E-state index is 11.3. The summed E-state index contributed by atoms with van der Waals surface area (Å²) >= 11 is 6.30. The van der Waals surface area contributed by atoms with E-state index in [2.05, 4.69) is 11.0 Å². The van der Waals surface area contributed by atoms with Crippen LogP contribution in [0.15, 0.2) is 42.5 Å². The maximum atomic E-state index is 11.3. The van der Waals surface area contributed by atoms with Gasteiger partial charge in [-0.3, -0.25) is 4.90 Å². The second kappa shape index (κ2) is 7.24. The van der Waals surface area contributed by atoms with Crippen molar-refractivity contribution in [3.05, 3.63) is 64.2 Å². The van der Waals surface area contributed by atoms with Crippen LogP contribution in [0.3, 0.4) is 0 Å². The summed E-state index contributed by atoms with van der Waals surface area (Å²) in [5.41, 5.74) is 2.38. The van der Waals surface area contributed by atoms with Crippen molar-refractivity contribution >= 4 is 17.6 Å². The summed E-state index contributed by atoms with van der Waals surface area (Å²) in [4.78, 5) is 13.7. The second-order valence-electron chi connectivity index (χ2n) is 6.08. The van der Waals surface area contributed by atoms with Crippen molar-refractivity contribution in [2.75, 3.05) is 20.2 Å². The number of aromatic carboxylic acids is 1. The molecule has 2 aromatic rings. The second-order valence-corrected chi connectivity index (χ2v) is 6.49. The number of carboxylic acid groups (broad SMARTS) is 1. The number of carboxylic acids is 1. The highest BCUT2D eigenvalue weighted by atomic mass is 35.5. The number of rotatable bonds is 5. The smallest absolute Gasteiger partial charge is 0.339 e. The summed E-state index contributed by atoms with van der Waals surface area (Å²) < 4.78 is 5.11. The Hall–Kier alpha value is -2.04. The van der Waals surface area contributed by atoms with Gasteiger partial charge in [-0.15, -0.1) is 0 Å². The van der Waals surface area contributed by atoms with Crippen LogP contribution in [0, 0.1) is 0 Å². The molecule has 1 heterocycles. The van der Waals surface area contributed by atoms with Gasteiger partial charge in [0, 0.05) is 18.1 Å². The Bertz CT molecular complexity index is 747. The van der Waals surface area contributed by atoms with Crippen LogP contribution in [-0.2, 0) is 6.54 Å². The van der Waals surface area contributed by atoms with Crippen LogP contribution in [0.4, 0.5) is 0 Å². The molecular formula is C19H20ClNO3. The average Bonchev–Trinajstić information content (AvgIpc) is 3.03. The van der Waals surface area contributed by atoms with Gasteiger partial charge in [-0.2, -0.15) is 0 Å². The SMILES string of the molecule is COc1ccc(CN2CC[C@H](c3ccccc3Cl)C2)cc1C(=O)O. The zero-order chi connectivity index (χ0) is 17.1. The molecule has 3 rings (SSSR count). The molecule has 1 N–H and O–H groups in total. The van der Waals surface area contributed by atoms with E-state index in [-0.39, 0.29) is 5.56 Å². The zero-order valence-electron chi connectivity index (χ0n) is 13.5. The first-order valence-electron chi connectivity index (χ1n) is 7.95. The Morgan fingerprint density at radius 3 is 2.83 bits per heavy atom. The molecule has 0 saturated carbocycles. The van der Waals surface area contributed by atoms with E-state index in [1.54, 1.807) is 12.1 Å². The standard InChI is InChI=1S/C19H20ClNO3/c1-24-18-7-6-13(10-16(18)19(22)23)11-21-9-8-14(12-21)15-4-2-3-5-17(15)20/h2-7,10,14H,8-9,11-12H2,1H3,(H,22,23)/t14-/m0/s1. The minimum Gasteiger partial charge on any atom is -0.496 e. The van der Waals surface area contributed by atoms with Crippen molar-refractivity contribution in [3.63, 3.8) is 0 Å². The Morgan fingerprint density at radius 2 is 2.12 bits per heavy atom. The van der Waals surface area contributed by atoms with Gasteiger partial charge in [0.1, 0.15) is 11.3 Å². The van der Waals surface area contributed by atoms with E-state index in [0.717, 1.165) is 36.6 Å². The van der Waals surface area contributed by atoms with Gasteiger partial charge >= 0.3 is 5.97 Å². The van der Waals surface area contributed by atoms with Crippen molar-refractivity contribution in [1.29, 1.82) is 0 Å². The van der Waals surface area contributed by atoms with E-state index in [1.165, 1.54) is 12.7 Å². The lowest BCUT2D eigenvalue weighted by atomic mass is 9.98. The molecule has 1 saturated heterocycles. The number of benzene rings is 2. The zero-order valence-corrected chi connectivity index (χ0v) is 14.3. The minimum atomic E-state index is -0.968. The number of carbonyl (C=O) groups is 1. The van der Waals surface area contributed by atoms with E-state index in [4.69, 9.17) is 16.3 Å². The molecular weight excluding hydrogens is 326 g/mol. The molecule has 0 bridgehead atoms. The van der Waals surface area contributed by atoms with E-state index in [1.807, 2.05) is 24.3 Å². The molecule has 5 heteroatoms. The number of likely N-dealkylation sites (tertiary alicyclic amines) is 1. The number of halogens is 1. The third-order valence-electron chi connectivity index (χ3n) is 4.52. The van der Waals surface area contributed by atoms with Crippen molar-refractivity contribution in [2.24, 2.45) is 0 Å². The normalized spacial score (nSPS) is 17.8. The summed E-state index contributed by atoms with van der Waals surface area (Å²) in [6, 6.07) is 13.3. The molecule has 0 spiro atoms. The van der Waals surface area contributed by atoms with Crippen LogP contribution in [0.25, 0.3) is 0 Å². The third kappa shape index (κ3) is 3.55. The molecule has 1 atom stereocenters. The van der Waals surface area contributed by atoms with E-state index >= 15 is 0 Å². The summed E-state index contributed by atoms with van der Waals surface area (Å²) in [6.45, 7) is 2.63. The first-order chi connectivity index (χ1) is 11.6. The van der Waals surface area contributed by atoms with Gasteiger partial charge in [-0.05, 0) is 48.2 Å². The number of hydrogen-bond acceptors (Lipinski definition) is 3. The molecule has 126 valence electrons. The van der Waals surface area contributed by atoms with Gasteiger partial charge < -0.3 is 9.84 Å². The molecule has 0 amide bonds. The molecule has 0 aliphatic carbocycles. The Morgan fingerprint density at radius 1 is 1.33 bits per heavy atom. The van der Waals surface area contributed by atoms with Crippen LogP contribution in [0.2, 0.25) is 5.02 Å². The fourth-order valence-corrected chi connectivity index (χ4v) is 3.61. The van der Waals surface area contributed by atoms with Crippen molar-refractivity contribution in [2.45, 2.75) is 18.9 Å². The number of methoxy groups -OCH3 is 1. The highest BCUT2D eigenvalue weighted by Crippen LogP contribution is 2.32. The van der Waals surface area contributed by atoms with Crippen molar-refractivity contribution < 1.29 is 14.6 Å². The predicted octanol–water partition coefficient (Wildman–Crippen LogP) is 4.04. The summed E-state index contributed by atoms with van der Waals surface area (Å²) in [5, 5.41) is 10.1. The van der Waals surface area contributed by atoms with Gasteiger partial charge in [0.15, 0.2) is 0 Å². The topological polar surface area (TPSA) is 49.8 Å². The third-order valence-corrected chi connectivity index (χ3v) is 4.86. The van der Waals surface area contributed by atoms with Crippen LogP contribution >= 0.6 is 11.6 Å². The molecule has 1 fully saturated rings. The van der Waals surface area contributed by atoms with Gasteiger partial charge in [0.05, 0.1) is 7.11 Å². The van der Waals surface area contributed by atoms with E-state index < -0.39 is 5.97 Å². The largest absolute Gasteiger partial charge is 0.496 e. The molecule has 2 aromatic carbocycles. The molecule has 24 heavy (non-hydrogen) atoms. The van der Waals surface area contributed by atoms with E-state index in [0.29, 0.717) is 11.7 Å². The first kappa shape index (κ1) is 16.8. The molecule has 1 aliphatic heterocycles. The highest BCUT2D eigenvalue weighted by Gasteiger charge is 2.25. The fourth-order valence-electron chi connectivity index (χ4n) is 3.32. The van der Waals surface area contributed by atoms with Gasteiger partial charge in [0.2, 0.25) is 0 Å². The minimum absolute atomic E-state index is 0.205. The fraction of sp³-hybridized carbons (Fsp3) is 0.316. The molecule has 0 unspecified atom stereocenters. The first-order valence-corrected chi connectivity index (χ1v) is 8.33. The monoisotopic (exact) mass is 345 g/mol. The predicted molar refractivity (Wildman–Crippen MR) is 94.0 cm³/mol. The number of nitrogens with zero attached hydrogens (tertiary/aromatic N) is 1. The Kier molecular flexibility index (Phi) is 5.07. The van der Waals surface area contributed by atoms with Gasteiger partial charge in [0.25, 0.3) is 0 Å². The molecule has 0 aromatic heterocycles. The van der Waals surface area contributed by atoms with Crippen LogP contribution in [0.5, 0.6) is 5.75 Å². The van der Waals surface area contributed by atoms with Crippen LogP contribution in [-0.4, -0.2) is 36.2 Å². The van der Waals surface area contributed by atoms with Crippen molar-refractivity contribution in [1.82, 2.24) is 4.90 Å². The summed E-state index contributed by atoms with van der Waals surface area (Å²) in [6.07, 6.45) is 1.06. The lowest BCUT2D eigenvalue weighted by Gasteiger charge is -2.17. The lowest BCUT2D eigenvalue weighted by Crippen LogP contribution is -2.20. The highest BCUT2D eigenvalue weighted by molar-refractivity contribution is 6.31. The van der Waals surface area contributed by atoms with Crippen LogP contribution < -0.4 is 4.74 Å². The Balaban J connectivity index is 1.71. The Labute approximate surface area is 146 Å².